The van der Waals surface area contributed by atoms with Crippen LogP contribution in [0, 0.1) is 0 Å². The summed E-state index contributed by atoms with van der Waals surface area (Å²) >= 11 is 0. The Morgan fingerprint density at radius 3 is 2.45 bits per heavy atom. The number of rotatable bonds is 5. The number of benzene rings is 2. The normalized spacial score (nSPS) is 10.5. The third-order valence-electron chi connectivity index (χ3n) is 4.21. The van der Waals surface area contributed by atoms with E-state index in [0.29, 0.717) is 28.1 Å². The number of carbonyl (C=O) groups is 2. The molecule has 2 heterocycles. The molecule has 10 nitrogen and oxygen atoms in total. The number of carbonyl (C=O) groups excluding carboxylic acids is 2. The van der Waals surface area contributed by atoms with Gasteiger partial charge in [0.15, 0.2) is 0 Å². The summed E-state index contributed by atoms with van der Waals surface area (Å²) in [6.07, 6.45) is 1.47. The SMILES string of the molecule is CNC(=O)c1cc(Oc2ccc3nnc(NC(=O)c4ccc(O)cc4)nc3c2)ccn1. The lowest BCUT2D eigenvalue weighted by Crippen LogP contribution is -2.18. The minimum Gasteiger partial charge on any atom is -0.508 e. The predicted molar refractivity (Wildman–Crippen MR) is 111 cm³/mol. The van der Waals surface area contributed by atoms with E-state index in [4.69, 9.17) is 4.74 Å². The number of pyridine rings is 1. The molecule has 0 atom stereocenters. The van der Waals surface area contributed by atoms with Crippen molar-refractivity contribution in [3.8, 4) is 17.2 Å². The number of hydrogen-bond donors (Lipinski definition) is 3. The van der Waals surface area contributed by atoms with Crippen molar-refractivity contribution in [3.05, 3.63) is 72.1 Å². The van der Waals surface area contributed by atoms with Gasteiger partial charge in [-0.05, 0) is 42.5 Å². The first-order chi connectivity index (χ1) is 15.0. The van der Waals surface area contributed by atoms with Crippen LogP contribution < -0.4 is 15.4 Å². The molecule has 0 aliphatic heterocycles. The quantitative estimate of drug-likeness (QED) is 0.451. The van der Waals surface area contributed by atoms with Gasteiger partial charge in [0, 0.05) is 30.9 Å². The van der Waals surface area contributed by atoms with Crippen molar-refractivity contribution in [3.63, 3.8) is 0 Å². The van der Waals surface area contributed by atoms with Gasteiger partial charge in [0.2, 0.25) is 5.95 Å². The summed E-state index contributed by atoms with van der Waals surface area (Å²) in [5, 5.41) is 22.4. The molecule has 4 rings (SSSR count). The number of aromatic nitrogens is 4. The van der Waals surface area contributed by atoms with E-state index < -0.39 is 5.91 Å². The summed E-state index contributed by atoms with van der Waals surface area (Å²) in [7, 11) is 1.52. The van der Waals surface area contributed by atoms with E-state index in [9.17, 15) is 14.7 Å². The lowest BCUT2D eigenvalue weighted by Gasteiger charge is -2.08. The van der Waals surface area contributed by atoms with Gasteiger partial charge < -0.3 is 15.2 Å². The molecular weight excluding hydrogens is 400 g/mol. The van der Waals surface area contributed by atoms with E-state index >= 15 is 0 Å². The molecular formula is C21H16N6O4. The zero-order chi connectivity index (χ0) is 21.8. The Bertz CT molecular complexity index is 1280. The Morgan fingerprint density at radius 1 is 0.903 bits per heavy atom. The number of phenolic OH excluding ortho intramolecular Hbond substituents is 1. The first-order valence-electron chi connectivity index (χ1n) is 9.13. The highest BCUT2D eigenvalue weighted by atomic mass is 16.5. The summed E-state index contributed by atoms with van der Waals surface area (Å²) in [6.45, 7) is 0. The molecule has 2 amide bonds. The molecule has 0 aliphatic carbocycles. The largest absolute Gasteiger partial charge is 0.508 e. The molecule has 0 spiro atoms. The highest BCUT2D eigenvalue weighted by molar-refractivity contribution is 6.03. The fourth-order valence-electron chi connectivity index (χ4n) is 2.68. The average molecular weight is 416 g/mol. The summed E-state index contributed by atoms with van der Waals surface area (Å²) < 4.78 is 5.80. The standard InChI is InChI=1S/C21H16N6O4/c1-22-20(30)18-11-15(8-9-23-18)31-14-6-7-16-17(10-14)24-21(27-26-16)25-19(29)12-2-4-13(28)5-3-12/h2-11,28H,1H3,(H,22,30)(H,24,25,27,29). The number of aromatic hydroxyl groups is 1. The number of ether oxygens (including phenoxy) is 1. The van der Waals surface area contributed by atoms with Crippen molar-refractivity contribution in [1.29, 1.82) is 0 Å². The topological polar surface area (TPSA) is 139 Å². The van der Waals surface area contributed by atoms with E-state index in [1.54, 1.807) is 24.3 Å². The molecule has 0 unspecified atom stereocenters. The Balaban J connectivity index is 1.55. The van der Waals surface area contributed by atoms with Crippen LogP contribution in [0.25, 0.3) is 11.0 Å². The van der Waals surface area contributed by atoms with E-state index in [0.717, 1.165) is 0 Å². The Morgan fingerprint density at radius 2 is 1.68 bits per heavy atom. The summed E-state index contributed by atoms with van der Waals surface area (Å²) in [5.41, 5.74) is 1.53. The van der Waals surface area contributed by atoms with Gasteiger partial charge in [-0.25, -0.2) is 4.98 Å². The van der Waals surface area contributed by atoms with Gasteiger partial charge in [-0.2, -0.15) is 0 Å². The third-order valence-corrected chi connectivity index (χ3v) is 4.21. The first-order valence-corrected chi connectivity index (χ1v) is 9.13. The van der Waals surface area contributed by atoms with E-state index in [-0.39, 0.29) is 23.3 Å². The average Bonchev–Trinajstić information content (AvgIpc) is 2.79. The van der Waals surface area contributed by atoms with Gasteiger partial charge >= 0.3 is 0 Å². The van der Waals surface area contributed by atoms with Crippen LogP contribution >= 0.6 is 0 Å². The van der Waals surface area contributed by atoms with Crippen LogP contribution in [0.5, 0.6) is 17.2 Å². The minimum atomic E-state index is -0.438. The molecule has 4 aromatic rings. The zero-order valence-electron chi connectivity index (χ0n) is 16.2. The van der Waals surface area contributed by atoms with Gasteiger partial charge in [0.05, 0.1) is 5.52 Å². The van der Waals surface area contributed by atoms with Crippen LogP contribution in [-0.4, -0.2) is 44.1 Å². The van der Waals surface area contributed by atoms with Crippen molar-refractivity contribution in [1.82, 2.24) is 25.5 Å². The van der Waals surface area contributed by atoms with Gasteiger partial charge in [-0.3, -0.25) is 19.9 Å². The van der Waals surface area contributed by atoms with Crippen molar-refractivity contribution in [2.24, 2.45) is 0 Å². The number of anilines is 1. The summed E-state index contributed by atoms with van der Waals surface area (Å²) in [5.74, 6) is 0.202. The number of hydrogen-bond acceptors (Lipinski definition) is 8. The molecule has 2 aromatic carbocycles. The number of nitrogens with one attached hydrogen (secondary N) is 2. The smallest absolute Gasteiger partial charge is 0.269 e. The second-order valence-electron chi connectivity index (χ2n) is 6.34. The molecule has 0 fully saturated rings. The van der Waals surface area contributed by atoms with Crippen LogP contribution in [0.3, 0.4) is 0 Å². The molecule has 10 heteroatoms. The van der Waals surface area contributed by atoms with E-state index in [1.165, 1.54) is 43.6 Å². The minimum absolute atomic E-state index is 0.0218. The molecule has 154 valence electrons. The second kappa shape index (κ2) is 8.41. The van der Waals surface area contributed by atoms with E-state index in [1.807, 2.05) is 0 Å². The summed E-state index contributed by atoms with van der Waals surface area (Å²) in [6, 6.07) is 13.9. The maximum absolute atomic E-state index is 12.3. The van der Waals surface area contributed by atoms with Crippen molar-refractivity contribution < 1.29 is 19.4 Å². The molecule has 31 heavy (non-hydrogen) atoms. The molecule has 2 aromatic heterocycles. The lowest BCUT2D eigenvalue weighted by molar-refractivity contribution is 0.0957. The van der Waals surface area contributed by atoms with Crippen molar-refractivity contribution >= 4 is 28.8 Å². The Hall–Kier alpha value is -4.60. The van der Waals surface area contributed by atoms with Crippen LogP contribution in [0.1, 0.15) is 20.8 Å². The lowest BCUT2D eigenvalue weighted by atomic mass is 10.2. The second-order valence-corrected chi connectivity index (χ2v) is 6.34. The molecule has 0 aliphatic rings. The van der Waals surface area contributed by atoms with Gasteiger partial charge in [0.1, 0.15) is 28.5 Å². The first kappa shape index (κ1) is 19.7. The molecule has 0 saturated heterocycles. The number of nitrogens with zero attached hydrogens (tertiary/aromatic N) is 4. The van der Waals surface area contributed by atoms with Gasteiger partial charge in [-0.15, -0.1) is 10.2 Å². The van der Waals surface area contributed by atoms with Gasteiger partial charge in [-0.1, -0.05) is 0 Å². The monoisotopic (exact) mass is 416 g/mol. The van der Waals surface area contributed by atoms with Gasteiger partial charge in [0.25, 0.3) is 11.8 Å². The Labute approximate surface area is 175 Å². The fourth-order valence-corrected chi connectivity index (χ4v) is 2.68. The van der Waals surface area contributed by atoms with Crippen LogP contribution in [-0.2, 0) is 0 Å². The van der Waals surface area contributed by atoms with Crippen LogP contribution in [0.15, 0.2) is 60.8 Å². The summed E-state index contributed by atoms with van der Waals surface area (Å²) in [4.78, 5) is 32.4. The van der Waals surface area contributed by atoms with Crippen LogP contribution in [0.2, 0.25) is 0 Å². The molecule has 3 N–H and O–H groups in total. The maximum atomic E-state index is 12.3. The number of fused-ring (bicyclic) bond motifs is 1. The number of phenols is 1. The third kappa shape index (κ3) is 4.53. The molecule has 0 bridgehead atoms. The van der Waals surface area contributed by atoms with Crippen molar-refractivity contribution in [2.75, 3.05) is 12.4 Å². The van der Waals surface area contributed by atoms with Crippen molar-refractivity contribution in [2.45, 2.75) is 0 Å². The number of amides is 2. The Kier molecular flexibility index (Phi) is 5.35. The highest BCUT2D eigenvalue weighted by Crippen LogP contribution is 2.24. The van der Waals surface area contributed by atoms with E-state index in [2.05, 4.69) is 30.8 Å². The molecule has 0 radical (unpaired) electrons. The fraction of sp³-hybridized carbons (Fsp3) is 0.0476. The predicted octanol–water partition coefficient (Wildman–Crippen LogP) is 2.53. The molecule has 0 saturated carbocycles. The highest BCUT2D eigenvalue weighted by Gasteiger charge is 2.11. The van der Waals surface area contributed by atoms with Crippen LogP contribution in [0.4, 0.5) is 5.95 Å². The zero-order valence-corrected chi connectivity index (χ0v) is 16.2. The maximum Gasteiger partial charge on any atom is 0.269 e.